The quantitative estimate of drug-likeness (QED) is 0.462. The fourth-order valence-electron chi connectivity index (χ4n) is 3.37. The smallest absolute Gasteiger partial charge is 0.244 e. The molecule has 0 bridgehead atoms. The fraction of sp³-hybridized carbons (Fsp3) is 0.440. The van der Waals surface area contributed by atoms with Gasteiger partial charge in [0.05, 0.1) is 19.1 Å². The molecule has 186 valence electrons. The van der Waals surface area contributed by atoms with Gasteiger partial charge in [-0.1, -0.05) is 43.2 Å². The molecule has 2 amide bonds. The first-order valence-corrected chi connectivity index (χ1v) is 13.2. The molecule has 0 aliphatic heterocycles. The minimum absolute atomic E-state index is 0.149. The number of nitrogens with one attached hydrogen (secondary N) is 1. The summed E-state index contributed by atoms with van der Waals surface area (Å²) in [6.07, 6.45) is 2.83. The number of hydrogen-bond donors (Lipinski definition) is 1. The number of benzene rings is 2. The average molecular weight is 490 g/mol. The Hall–Kier alpha value is -3.07. The molecule has 0 saturated heterocycles. The molecule has 0 fully saturated rings. The zero-order chi connectivity index (χ0) is 25.3. The first-order chi connectivity index (χ1) is 16.1. The monoisotopic (exact) mass is 489 g/mol. The van der Waals surface area contributed by atoms with Crippen LogP contribution < -0.4 is 14.4 Å². The summed E-state index contributed by atoms with van der Waals surface area (Å²) in [6.45, 7) is 5.83. The Morgan fingerprint density at radius 2 is 1.68 bits per heavy atom. The Bertz CT molecular complexity index is 1050. The molecular weight excluding hydrogens is 454 g/mol. The SMILES string of the molecule is CCCCNC(=O)[C@@H](C)N(Cc1ccc(OC)cc1)C(=O)CN(c1ccc(C)cc1)S(C)(=O)=O. The number of sulfonamides is 1. The second-order valence-electron chi connectivity index (χ2n) is 8.30. The summed E-state index contributed by atoms with van der Waals surface area (Å²) in [5.74, 6) is -0.0777. The van der Waals surface area contributed by atoms with Crippen molar-refractivity contribution in [3.05, 3.63) is 59.7 Å². The van der Waals surface area contributed by atoms with E-state index in [1.54, 1.807) is 50.4 Å². The molecule has 1 atom stereocenters. The summed E-state index contributed by atoms with van der Waals surface area (Å²) in [7, 11) is -2.17. The zero-order valence-corrected chi connectivity index (χ0v) is 21.4. The van der Waals surface area contributed by atoms with Crippen molar-refractivity contribution in [3.63, 3.8) is 0 Å². The number of aryl methyl sites for hydroxylation is 1. The van der Waals surface area contributed by atoms with Gasteiger partial charge in [-0.3, -0.25) is 13.9 Å². The van der Waals surface area contributed by atoms with Crippen molar-refractivity contribution in [2.75, 3.05) is 30.8 Å². The van der Waals surface area contributed by atoms with Crippen LogP contribution in [0.15, 0.2) is 48.5 Å². The van der Waals surface area contributed by atoms with Crippen molar-refractivity contribution in [1.29, 1.82) is 0 Å². The Morgan fingerprint density at radius 3 is 2.21 bits per heavy atom. The van der Waals surface area contributed by atoms with Gasteiger partial charge in [-0.2, -0.15) is 0 Å². The number of rotatable bonds is 12. The van der Waals surface area contributed by atoms with Gasteiger partial charge in [-0.05, 0) is 50.1 Å². The molecule has 8 nitrogen and oxygen atoms in total. The van der Waals surface area contributed by atoms with Gasteiger partial charge in [0.1, 0.15) is 18.3 Å². The molecule has 34 heavy (non-hydrogen) atoms. The molecule has 0 saturated carbocycles. The van der Waals surface area contributed by atoms with E-state index in [0.717, 1.165) is 34.5 Å². The lowest BCUT2D eigenvalue weighted by Crippen LogP contribution is -2.51. The van der Waals surface area contributed by atoms with E-state index >= 15 is 0 Å². The lowest BCUT2D eigenvalue weighted by molar-refractivity contribution is -0.139. The Kier molecular flexibility index (Phi) is 9.92. The first-order valence-electron chi connectivity index (χ1n) is 11.3. The highest BCUT2D eigenvalue weighted by molar-refractivity contribution is 7.92. The summed E-state index contributed by atoms with van der Waals surface area (Å²) in [5, 5.41) is 2.86. The highest BCUT2D eigenvalue weighted by Gasteiger charge is 2.30. The van der Waals surface area contributed by atoms with E-state index in [9.17, 15) is 18.0 Å². The highest BCUT2D eigenvalue weighted by atomic mass is 32.2. The summed E-state index contributed by atoms with van der Waals surface area (Å²) >= 11 is 0. The average Bonchev–Trinajstić information content (AvgIpc) is 2.81. The van der Waals surface area contributed by atoms with Crippen LogP contribution in [0.4, 0.5) is 5.69 Å². The van der Waals surface area contributed by atoms with Crippen LogP contribution in [0.25, 0.3) is 0 Å². The number of ether oxygens (including phenoxy) is 1. The number of carbonyl (C=O) groups is 2. The molecule has 2 aromatic rings. The third-order valence-corrected chi connectivity index (χ3v) is 6.65. The molecule has 0 unspecified atom stereocenters. The zero-order valence-electron chi connectivity index (χ0n) is 20.6. The van der Waals surface area contributed by atoms with E-state index in [2.05, 4.69) is 5.32 Å². The van der Waals surface area contributed by atoms with Crippen molar-refractivity contribution in [2.45, 2.75) is 46.2 Å². The number of amides is 2. The van der Waals surface area contributed by atoms with Crippen LogP contribution in [0, 0.1) is 6.92 Å². The first kappa shape index (κ1) is 27.2. The van der Waals surface area contributed by atoms with Crippen LogP contribution in [0.3, 0.4) is 0 Å². The van der Waals surface area contributed by atoms with Gasteiger partial charge < -0.3 is 15.0 Å². The van der Waals surface area contributed by atoms with Crippen molar-refractivity contribution in [2.24, 2.45) is 0 Å². The predicted octanol–water partition coefficient (Wildman–Crippen LogP) is 3.10. The van der Waals surface area contributed by atoms with E-state index in [-0.39, 0.29) is 12.5 Å². The van der Waals surface area contributed by atoms with Crippen LogP contribution in [-0.4, -0.2) is 57.6 Å². The molecule has 0 radical (unpaired) electrons. The number of nitrogens with zero attached hydrogens (tertiary/aromatic N) is 2. The standard InChI is InChI=1S/C25H35N3O5S/c1-6-7-16-26-25(30)20(3)27(17-21-10-14-23(33-4)15-11-21)24(29)18-28(34(5,31)32)22-12-8-19(2)9-13-22/h8-15,20H,6-7,16-18H2,1-5H3,(H,26,30)/t20-/m1/s1. The number of hydrogen-bond acceptors (Lipinski definition) is 5. The van der Waals surface area contributed by atoms with E-state index in [1.807, 2.05) is 26.0 Å². The Morgan fingerprint density at radius 1 is 1.06 bits per heavy atom. The van der Waals surface area contributed by atoms with Gasteiger partial charge in [-0.15, -0.1) is 0 Å². The summed E-state index contributed by atoms with van der Waals surface area (Å²) in [4.78, 5) is 27.7. The topological polar surface area (TPSA) is 96.0 Å². The van der Waals surface area contributed by atoms with Gasteiger partial charge >= 0.3 is 0 Å². The van der Waals surface area contributed by atoms with Gasteiger partial charge in [0.15, 0.2) is 0 Å². The van der Waals surface area contributed by atoms with Gasteiger partial charge in [0, 0.05) is 13.1 Å². The lowest BCUT2D eigenvalue weighted by atomic mass is 10.1. The summed E-state index contributed by atoms with van der Waals surface area (Å²) in [5.41, 5.74) is 2.16. The van der Waals surface area contributed by atoms with Crippen molar-refractivity contribution >= 4 is 27.5 Å². The molecule has 1 N–H and O–H groups in total. The van der Waals surface area contributed by atoms with Crippen LogP contribution in [0.2, 0.25) is 0 Å². The molecule has 0 aliphatic carbocycles. The molecule has 9 heteroatoms. The number of unbranched alkanes of at least 4 members (excludes halogenated alkanes) is 1. The normalized spacial score (nSPS) is 12.0. The van der Waals surface area contributed by atoms with E-state index in [1.165, 1.54) is 4.90 Å². The third-order valence-electron chi connectivity index (χ3n) is 5.51. The summed E-state index contributed by atoms with van der Waals surface area (Å²) in [6, 6.07) is 13.3. The van der Waals surface area contributed by atoms with Crippen LogP contribution >= 0.6 is 0 Å². The van der Waals surface area contributed by atoms with Gasteiger partial charge in [0.2, 0.25) is 21.8 Å². The van der Waals surface area contributed by atoms with E-state index < -0.39 is 28.5 Å². The third kappa shape index (κ3) is 7.76. The van der Waals surface area contributed by atoms with E-state index in [4.69, 9.17) is 4.74 Å². The fourth-order valence-corrected chi connectivity index (χ4v) is 4.22. The maximum atomic E-state index is 13.5. The Labute approximate surface area is 202 Å². The number of methoxy groups -OCH3 is 1. The predicted molar refractivity (Wildman–Crippen MR) is 134 cm³/mol. The van der Waals surface area contributed by atoms with Crippen molar-refractivity contribution < 1.29 is 22.7 Å². The van der Waals surface area contributed by atoms with E-state index in [0.29, 0.717) is 18.0 Å². The lowest BCUT2D eigenvalue weighted by Gasteiger charge is -2.31. The number of anilines is 1. The van der Waals surface area contributed by atoms with Crippen LogP contribution in [-0.2, 0) is 26.2 Å². The Balaban J connectivity index is 2.32. The number of carbonyl (C=O) groups excluding carboxylic acids is 2. The van der Waals surface area contributed by atoms with Gasteiger partial charge in [-0.25, -0.2) is 8.42 Å². The molecule has 0 heterocycles. The molecule has 0 aliphatic rings. The largest absolute Gasteiger partial charge is 0.497 e. The highest BCUT2D eigenvalue weighted by Crippen LogP contribution is 2.20. The van der Waals surface area contributed by atoms with Crippen molar-refractivity contribution in [3.8, 4) is 5.75 Å². The minimum Gasteiger partial charge on any atom is -0.497 e. The van der Waals surface area contributed by atoms with Crippen LogP contribution in [0.5, 0.6) is 5.75 Å². The minimum atomic E-state index is -3.74. The molecule has 2 aromatic carbocycles. The maximum absolute atomic E-state index is 13.5. The summed E-state index contributed by atoms with van der Waals surface area (Å²) < 4.78 is 31.3. The molecule has 0 spiro atoms. The van der Waals surface area contributed by atoms with Crippen molar-refractivity contribution in [1.82, 2.24) is 10.2 Å². The maximum Gasteiger partial charge on any atom is 0.244 e. The molecule has 0 aromatic heterocycles. The second-order valence-corrected chi connectivity index (χ2v) is 10.2. The second kappa shape index (κ2) is 12.4. The van der Waals surface area contributed by atoms with Crippen LogP contribution in [0.1, 0.15) is 37.8 Å². The molecule has 2 rings (SSSR count). The van der Waals surface area contributed by atoms with Gasteiger partial charge in [0.25, 0.3) is 0 Å². The molecular formula is C25H35N3O5S.